The number of nitrogens with one attached hydrogen (secondary N) is 1. The van der Waals surface area contributed by atoms with Gasteiger partial charge in [-0.2, -0.15) is 0 Å². The summed E-state index contributed by atoms with van der Waals surface area (Å²) in [6.45, 7) is 5.83. The van der Waals surface area contributed by atoms with Gasteiger partial charge >= 0.3 is 0 Å². The zero-order chi connectivity index (χ0) is 14.6. The Bertz CT molecular complexity index is 507. The van der Waals surface area contributed by atoms with Crippen LogP contribution in [0.3, 0.4) is 0 Å². The Labute approximate surface area is 111 Å². The fraction of sp³-hybridized carbons (Fsp3) is 0.385. The van der Waals surface area contributed by atoms with E-state index >= 15 is 0 Å². The molecule has 4 N–H and O–H groups in total. The van der Waals surface area contributed by atoms with Crippen LogP contribution in [-0.2, 0) is 4.79 Å². The molecule has 0 aromatic heterocycles. The van der Waals surface area contributed by atoms with Crippen molar-refractivity contribution in [2.45, 2.75) is 27.2 Å². The van der Waals surface area contributed by atoms with Crippen molar-refractivity contribution in [1.29, 1.82) is 0 Å². The lowest BCUT2D eigenvalue weighted by atomic mass is 9.92. The van der Waals surface area contributed by atoms with E-state index in [1.807, 2.05) is 20.8 Å². The number of amidine groups is 1. The molecule has 0 aliphatic heterocycles. The Kier molecular flexibility index (Phi) is 4.47. The summed E-state index contributed by atoms with van der Waals surface area (Å²) in [7, 11) is 0. The fourth-order valence-electron chi connectivity index (χ4n) is 1.54. The molecule has 19 heavy (non-hydrogen) atoms. The third kappa shape index (κ3) is 4.57. The highest BCUT2D eigenvalue weighted by molar-refractivity contribution is 5.99. The van der Waals surface area contributed by atoms with E-state index in [1.54, 1.807) is 0 Å². The van der Waals surface area contributed by atoms with E-state index in [1.165, 1.54) is 12.1 Å². The minimum Gasteiger partial charge on any atom is -0.409 e. The molecule has 1 rings (SSSR count). The zero-order valence-corrected chi connectivity index (χ0v) is 11.2. The molecule has 0 spiro atoms. The van der Waals surface area contributed by atoms with Gasteiger partial charge in [-0.3, -0.25) is 4.79 Å². The van der Waals surface area contributed by atoms with Crippen LogP contribution in [0.5, 0.6) is 0 Å². The minimum atomic E-state index is -0.621. The van der Waals surface area contributed by atoms with Gasteiger partial charge in [-0.1, -0.05) is 25.9 Å². The summed E-state index contributed by atoms with van der Waals surface area (Å²) in [5.41, 5.74) is 5.54. The Morgan fingerprint density at radius 1 is 1.47 bits per heavy atom. The largest absolute Gasteiger partial charge is 0.409 e. The summed E-state index contributed by atoms with van der Waals surface area (Å²) in [5, 5.41) is 13.9. The van der Waals surface area contributed by atoms with Crippen LogP contribution in [-0.4, -0.2) is 17.0 Å². The molecule has 104 valence electrons. The number of amides is 1. The van der Waals surface area contributed by atoms with Crippen LogP contribution in [0.25, 0.3) is 0 Å². The molecule has 0 saturated carbocycles. The summed E-state index contributed by atoms with van der Waals surface area (Å²) in [6, 6.07) is 3.90. The van der Waals surface area contributed by atoms with Crippen LogP contribution < -0.4 is 11.1 Å². The van der Waals surface area contributed by atoms with Crippen LogP contribution >= 0.6 is 0 Å². The monoisotopic (exact) mass is 267 g/mol. The zero-order valence-electron chi connectivity index (χ0n) is 11.2. The first kappa shape index (κ1) is 14.9. The highest BCUT2D eigenvalue weighted by atomic mass is 19.1. The second-order valence-corrected chi connectivity index (χ2v) is 5.47. The maximum absolute atomic E-state index is 13.4. The summed E-state index contributed by atoms with van der Waals surface area (Å²) in [5.74, 6) is -1.14. The smallest absolute Gasteiger partial charge is 0.224 e. The standard InChI is InChI=1S/C13H18FN3O2/c1-13(2,3)7-11(18)16-8-4-5-10(14)9(6-8)12(15)17-19/h4-6,19H,7H2,1-3H3,(H2,15,17)(H,16,18). The molecule has 0 atom stereocenters. The topological polar surface area (TPSA) is 87.7 Å². The molecule has 0 aliphatic carbocycles. The summed E-state index contributed by atoms with van der Waals surface area (Å²) >= 11 is 0. The summed E-state index contributed by atoms with van der Waals surface area (Å²) in [6.07, 6.45) is 0.337. The second-order valence-electron chi connectivity index (χ2n) is 5.47. The van der Waals surface area contributed by atoms with E-state index < -0.39 is 5.82 Å². The van der Waals surface area contributed by atoms with Gasteiger partial charge in [0.15, 0.2) is 5.84 Å². The normalized spacial score (nSPS) is 12.3. The molecule has 1 aromatic rings. The second kappa shape index (κ2) is 5.69. The van der Waals surface area contributed by atoms with E-state index in [0.717, 1.165) is 6.07 Å². The van der Waals surface area contributed by atoms with Gasteiger partial charge in [-0.05, 0) is 23.6 Å². The Morgan fingerprint density at radius 2 is 2.11 bits per heavy atom. The molecule has 0 aliphatic rings. The van der Waals surface area contributed by atoms with Gasteiger partial charge in [0.05, 0.1) is 5.56 Å². The maximum Gasteiger partial charge on any atom is 0.224 e. The molecule has 0 fully saturated rings. The van der Waals surface area contributed by atoms with E-state index in [9.17, 15) is 9.18 Å². The van der Waals surface area contributed by atoms with Crippen molar-refractivity contribution >= 4 is 17.4 Å². The van der Waals surface area contributed by atoms with Gasteiger partial charge in [0.2, 0.25) is 5.91 Å². The number of nitrogens with two attached hydrogens (primary N) is 1. The highest BCUT2D eigenvalue weighted by Crippen LogP contribution is 2.20. The Morgan fingerprint density at radius 3 is 2.63 bits per heavy atom. The molecular formula is C13H18FN3O2. The minimum absolute atomic E-state index is 0.0592. The van der Waals surface area contributed by atoms with Crippen LogP contribution in [0, 0.1) is 11.2 Å². The molecule has 0 unspecified atom stereocenters. The molecule has 6 heteroatoms. The predicted molar refractivity (Wildman–Crippen MR) is 71.6 cm³/mol. The average Bonchev–Trinajstić information content (AvgIpc) is 2.28. The van der Waals surface area contributed by atoms with Crippen molar-refractivity contribution in [3.05, 3.63) is 29.6 Å². The van der Waals surface area contributed by atoms with Gasteiger partial charge in [-0.15, -0.1) is 0 Å². The molecule has 5 nitrogen and oxygen atoms in total. The molecule has 1 amide bonds. The van der Waals surface area contributed by atoms with Gasteiger partial charge in [0.1, 0.15) is 5.82 Å². The lowest BCUT2D eigenvalue weighted by Crippen LogP contribution is -2.20. The predicted octanol–water partition coefficient (Wildman–Crippen LogP) is 2.29. The van der Waals surface area contributed by atoms with Gasteiger partial charge in [0, 0.05) is 12.1 Å². The maximum atomic E-state index is 13.4. The van der Waals surface area contributed by atoms with Crippen LogP contribution in [0.1, 0.15) is 32.8 Å². The number of halogens is 1. The van der Waals surface area contributed by atoms with E-state index in [-0.39, 0.29) is 22.7 Å². The first-order valence-electron chi connectivity index (χ1n) is 5.80. The molecule has 1 aromatic carbocycles. The number of carbonyl (C=O) groups excluding carboxylic acids is 1. The van der Waals surface area contributed by atoms with E-state index in [2.05, 4.69) is 10.5 Å². The molecule has 0 radical (unpaired) electrons. The molecular weight excluding hydrogens is 249 g/mol. The van der Waals surface area contributed by atoms with Crippen LogP contribution in [0.4, 0.5) is 10.1 Å². The number of nitrogens with zero attached hydrogens (tertiary/aromatic N) is 1. The quantitative estimate of drug-likeness (QED) is 0.340. The van der Waals surface area contributed by atoms with Gasteiger partial charge in [0.25, 0.3) is 0 Å². The highest BCUT2D eigenvalue weighted by Gasteiger charge is 2.16. The van der Waals surface area contributed by atoms with E-state index in [4.69, 9.17) is 10.9 Å². The van der Waals surface area contributed by atoms with E-state index in [0.29, 0.717) is 12.1 Å². The first-order chi connectivity index (χ1) is 8.73. The third-order valence-corrected chi connectivity index (χ3v) is 2.32. The number of rotatable bonds is 3. The van der Waals surface area contributed by atoms with Crippen molar-refractivity contribution in [3.8, 4) is 0 Å². The van der Waals surface area contributed by atoms with Crippen molar-refractivity contribution in [2.75, 3.05) is 5.32 Å². The number of oxime groups is 1. The molecule has 0 bridgehead atoms. The van der Waals surface area contributed by atoms with Crippen molar-refractivity contribution in [3.63, 3.8) is 0 Å². The number of hydrogen-bond acceptors (Lipinski definition) is 3. The average molecular weight is 267 g/mol. The van der Waals surface area contributed by atoms with Crippen LogP contribution in [0.2, 0.25) is 0 Å². The fourth-order valence-corrected chi connectivity index (χ4v) is 1.54. The van der Waals surface area contributed by atoms with Gasteiger partial charge < -0.3 is 16.3 Å². The third-order valence-electron chi connectivity index (χ3n) is 2.32. The van der Waals surface area contributed by atoms with Crippen molar-refractivity contribution in [2.24, 2.45) is 16.3 Å². The van der Waals surface area contributed by atoms with Crippen molar-refractivity contribution < 1.29 is 14.4 Å². The number of anilines is 1. The first-order valence-corrected chi connectivity index (χ1v) is 5.80. The SMILES string of the molecule is CC(C)(C)CC(=O)Nc1ccc(F)c(C(N)=NO)c1. The number of benzene rings is 1. The number of carbonyl (C=O) groups is 1. The Balaban J connectivity index is 2.89. The lowest BCUT2D eigenvalue weighted by molar-refractivity contribution is -0.117. The van der Waals surface area contributed by atoms with Crippen LogP contribution in [0.15, 0.2) is 23.4 Å². The van der Waals surface area contributed by atoms with Gasteiger partial charge in [-0.25, -0.2) is 4.39 Å². The summed E-state index contributed by atoms with van der Waals surface area (Å²) < 4.78 is 13.4. The number of hydrogen-bond donors (Lipinski definition) is 3. The lowest BCUT2D eigenvalue weighted by Gasteiger charge is -2.17. The Hall–Kier alpha value is -2.11. The molecule has 0 saturated heterocycles. The summed E-state index contributed by atoms with van der Waals surface area (Å²) in [4.78, 5) is 11.7. The van der Waals surface area contributed by atoms with Crippen molar-refractivity contribution in [1.82, 2.24) is 0 Å². The molecule has 0 heterocycles.